The van der Waals surface area contributed by atoms with E-state index in [9.17, 15) is 4.79 Å². The number of aromatic amines is 1. The highest BCUT2D eigenvalue weighted by molar-refractivity contribution is 7.15. The summed E-state index contributed by atoms with van der Waals surface area (Å²) >= 11 is 7.54. The standard InChI is InChI=1S/C23H22ClN5OS/c24-23-25-9-16(31-23)12-29-11-15(17-3-1-2-4-20(17)29)10-28-8-7-19-18(13-28)22(30)27-21(26-19)14-5-6-14/h1-4,9,11,14H,5-8,10,12-13H2,(H,26,27,30). The second kappa shape index (κ2) is 7.58. The summed E-state index contributed by atoms with van der Waals surface area (Å²) in [6, 6.07) is 8.48. The van der Waals surface area contributed by atoms with Crippen LogP contribution >= 0.6 is 22.9 Å². The fraction of sp³-hybridized carbons (Fsp3) is 0.348. The van der Waals surface area contributed by atoms with Gasteiger partial charge in [0.15, 0.2) is 4.47 Å². The predicted octanol–water partition coefficient (Wildman–Crippen LogP) is 4.32. The molecule has 31 heavy (non-hydrogen) atoms. The van der Waals surface area contributed by atoms with Crippen LogP contribution in [0.1, 0.15) is 46.3 Å². The van der Waals surface area contributed by atoms with Crippen molar-refractivity contribution in [2.75, 3.05) is 6.54 Å². The molecule has 0 radical (unpaired) electrons. The third kappa shape index (κ3) is 3.71. The molecule has 1 aromatic carbocycles. The molecule has 0 atom stereocenters. The highest BCUT2D eigenvalue weighted by Gasteiger charge is 2.29. The van der Waals surface area contributed by atoms with Gasteiger partial charge in [0, 0.05) is 60.1 Å². The maximum atomic E-state index is 12.7. The molecule has 1 aliphatic carbocycles. The lowest BCUT2D eigenvalue weighted by molar-refractivity contribution is 0.242. The van der Waals surface area contributed by atoms with Crippen LogP contribution in [0.25, 0.3) is 10.9 Å². The van der Waals surface area contributed by atoms with Gasteiger partial charge in [0.1, 0.15) is 5.82 Å². The molecule has 2 aliphatic rings. The van der Waals surface area contributed by atoms with E-state index in [2.05, 4.69) is 49.9 Å². The molecular formula is C23H22ClN5OS. The number of benzene rings is 1. The van der Waals surface area contributed by atoms with Crippen LogP contribution in [0.3, 0.4) is 0 Å². The first-order valence-electron chi connectivity index (χ1n) is 10.7. The molecule has 6 nitrogen and oxygen atoms in total. The number of halogens is 1. The van der Waals surface area contributed by atoms with E-state index >= 15 is 0 Å². The third-order valence-electron chi connectivity index (χ3n) is 6.25. The second-order valence-corrected chi connectivity index (χ2v) is 10.2. The van der Waals surface area contributed by atoms with Crippen LogP contribution in [0.2, 0.25) is 4.47 Å². The molecule has 0 unspecified atom stereocenters. The van der Waals surface area contributed by atoms with E-state index in [0.29, 0.717) is 16.9 Å². The lowest BCUT2D eigenvalue weighted by atomic mass is 10.1. The van der Waals surface area contributed by atoms with Crippen molar-refractivity contribution in [3.8, 4) is 0 Å². The van der Waals surface area contributed by atoms with Gasteiger partial charge in [0.25, 0.3) is 5.56 Å². The van der Waals surface area contributed by atoms with Crippen LogP contribution in [0, 0.1) is 0 Å². The van der Waals surface area contributed by atoms with Crippen molar-refractivity contribution in [3.63, 3.8) is 0 Å². The molecule has 6 rings (SSSR count). The molecular weight excluding hydrogens is 430 g/mol. The van der Waals surface area contributed by atoms with E-state index in [0.717, 1.165) is 60.9 Å². The molecule has 0 saturated heterocycles. The van der Waals surface area contributed by atoms with Crippen LogP contribution < -0.4 is 5.56 Å². The number of aromatic nitrogens is 4. The number of nitrogens with zero attached hydrogens (tertiary/aromatic N) is 4. The number of hydrogen-bond acceptors (Lipinski definition) is 5. The first kappa shape index (κ1) is 19.2. The Morgan fingerprint density at radius 1 is 1.23 bits per heavy atom. The lowest BCUT2D eigenvalue weighted by Gasteiger charge is -2.27. The first-order valence-corrected chi connectivity index (χ1v) is 11.8. The monoisotopic (exact) mass is 451 g/mol. The summed E-state index contributed by atoms with van der Waals surface area (Å²) in [6.07, 6.45) is 7.19. The molecule has 1 fully saturated rings. The summed E-state index contributed by atoms with van der Waals surface area (Å²) in [6.45, 7) is 3.12. The molecule has 1 N–H and O–H groups in total. The van der Waals surface area contributed by atoms with E-state index in [1.165, 1.54) is 27.8 Å². The molecule has 0 amide bonds. The van der Waals surface area contributed by atoms with Gasteiger partial charge in [-0.2, -0.15) is 0 Å². The van der Waals surface area contributed by atoms with Crippen molar-refractivity contribution in [1.29, 1.82) is 0 Å². The number of H-pyrrole nitrogens is 1. The molecule has 4 aromatic rings. The van der Waals surface area contributed by atoms with Crippen LogP contribution in [0.5, 0.6) is 0 Å². The summed E-state index contributed by atoms with van der Waals surface area (Å²) in [5.41, 5.74) is 4.34. The summed E-state index contributed by atoms with van der Waals surface area (Å²) in [5.74, 6) is 1.36. The lowest BCUT2D eigenvalue weighted by Crippen LogP contribution is -2.35. The Hall–Kier alpha value is -2.48. The SMILES string of the molecule is O=c1[nH]c(C2CC2)nc2c1CN(Cc1cn(Cc3cnc(Cl)s3)c3ccccc13)CC2. The fourth-order valence-corrected chi connectivity index (χ4v) is 5.51. The van der Waals surface area contributed by atoms with Gasteiger partial charge in [-0.3, -0.25) is 9.69 Å². The molecule has 1 aliphatic heterocycles. The maximum Gasteiger partial charge on any atom is 0.255 e. The number of para-hydroxylation sites is 1. The van der Waals surface area contributed by atoms with Gasteiger partial charge in [-0.15, -0.1) is 11.3 Å². The van der Waals surface area contributed by atoms with Crippen LogP contribution in [-0.2, 0) is 26.1 Å². The zero-order chi connectivity index (χ0) is 20.9. The smallest absolute Gasteiger partial charge is 0.255 e. The number of hydrogen-bond donors (Lipinski definition) is 1. The number of fused-ring (bicyclic) bond motifs is 2. The fourth-order valence-electron chi connectivity index (χ4n) is 4.53. The Bertz CT molecular complexity index is 1340. The van der Waals surface area contributed by atoms with Gasteiger partial charge in [0.2, 0.25) is 0 Å². The minimum atomic E-state index is 0.0427. The van der Waals surface area contributed by atoms with Crippen LogP contribution in [0.4, 0.5) is 0 Å². The van der Waals surface area contributed by atoms with Crippen molar-refractivity contribution in [2.45, 2.75) is 44.8 Å². The van der Waals surface area contributed by atoms with Gasteiger partial charge >= 0.3 is 0 Å². The van der Waals surface area contributed by atoms with E-state index in [1.54, 1.807) is 0 Å². The number of rotatable bonds is 5. The van der Waals surface area contributed by atoms with Gasteiger partial charge in [0.05, 0.1) is 17.8 Å². The summed E-state index contributed by atoms with van der Waals surface area (Å²) in [7, 11) is 0. The number of thiazole rings is 1. The highest BCUT2D eigenvalue weighted by Crippen LogP contribution is 2.38. The van der Waals surface area contributed by atoms with Crippen molar-refractivity contribution < 1.29 is 0 Å². The van der Waals surface area contributed by atoms with E-state index in [-0.39, 0.29) is 5.56 Å². The quantitative estimate of drug-likeness (QED) is 0.490. The van der Waals surface area contributed by atoms with E-state index < -0.39 is 0 Å². The Balaban J connectivity index is 1.27. The van der Waals surface area contributed by atoms with Crippen molar-refractivity contribution in [2.24, 2.45) is 0 Å². The molecule has 0 spiro atoms. The van der Waals surface area contributed by atoms with Gasteiger partial charge in [-0.25, -0.2) is 9.97 Å². The Morgan fingerprint density at radius 2 is 2.10 bits per heavy atom. The average molecular weight is 452 g/mol. The molecule has 158 valence electrons. The average Bonchev–Trinajstić information content (AvgIpc) is 3.47. The molecule has 8 heteroatoms. The molecule has 0 bridgehead atoms. The maximum absolute atomic E-state index is 12.7. The van der Waals surface area contributed by atoms with Crippen molar-refractivity contribution >= 4 is 33.8 Å². The van der Waals surface area contributed by atoms with Gasteiger partial charge in [-0.05, 0) is 24.5 Å². The summed E-state index contributed by atoms with van der Waals surface area (Å²) < 4.78 is 2.84. The summed E-state index contributed by atoms with van der Waals surface area (Å²) in [4.78, 5) is 28.2. The van der Waals surface area contributed by atoms with Gasteiger partial charge in [-0.1, -0.05) is 29.8 Å². The Kier molecular flexibility index (Phi) is 4.70. The zero-order valence-electron chi connectivity index (χ0n) is 17.0. The van der Waals surface area contributed by atoms with Crippen LogP contribution in [0.15, 0.2) is 41.5 Å². The normalized spacial score (nSPS) is 16.7. The Labute approximate surface area is 188 Å². The summed E-state index contributed by atoms with van der Waals surface area (Å²) in [5, 5.41) is 1.25. The van der Waals surface area contributed by atoms with Crippen LogP contribution in [-0.4, -0.2) is 31.0 Å². The number of nitrogens with one attached hydrogen (secondary N) is 1. The third-order valence-corrected chi connectivity index (χ3v) is 7.35. The highest BCUT2D eigenvalue weighted by atomic mass is 35.5. The molecule has 3 aromatic heterocycles. The minimum Gasteiger partial charge on any atom is -0.342 e. The molecule has 1 saturated carbocycles. The van der Waals surface area contributed by atoms with Crippen molar-refractivity contribution in [3.05, 3.63) is 79.0 Å². The van der Waals surface area contributed by atoms with Crippen molar-refractivity contribution in [1.82, 2.24) is 24.4 Å². The first-order chi connectivity index (χ1) is 15.1. The van der Waals surface area contributed by atoms with E-state index in [1.807, 2.05) is 6.20 Å². The largest absolute Gasteiger partial charge is 0.342 e. The minimum absolute atomic E-state index is 0.0427. The predicted molar refractivity (Wildman–Crippen MR) is 123 cm³/mol. The second-order valence-electron chi connectivity index (χ2n) is 8.49. The van der Waals surface area contributed by atoms with E-state index in [4.69, 9.17) is 16.6 Å². The Morgan fingerprint density at radius 3 is 2.90 bits per heavy atom. The topological polar surface area (TPSA) is 66.8 Å². The molecule has 4 heterocycles. The zero-order valence-corrected chi connectivity index (χ0v) is 18.5. The van der Waals surface area contributed by atoms with Gasteiger partial charge < -0.3 is 9.55 Å².